The van der Waals surface area contributed by atoms with Crippen molar-refractivity contribution in [1.29, 1.82) is 0 Å². The molecule has 1 aromatic heterocycles. The van der Waals surface area contributed by atoms with E-state index in [-0.39, 0.29) is 11.6 Å². The van der Waals surface area contributed by atoms with Crippen LogP contribution >= 0.6 is 0 Å². The fourth-order valence-electron chi connectivity index (χ4n) is 2.62. The zero-order chi connectivity index (χ0) is 13.1. The maximum absolute atomic E-state index is 5.76. The summed E-state index contributed by atoms with van der Waals surface area (Å²) in [7, 11) is 6.06. The van der Waals surface area contributed by atoms with E-state index in [0.717, 1.165) is 18.5 Å². The maximum atomic E-state index is 5.76. The Morgan fingerprint density at radius 1 is 1.47 bits per heavy atom. The van der Waals surface area contributed by atoms with Crippen molar-refractivity contribution in [2.45, 2.75) is 38.3 Å². The van der Waals surface area contributed by atoms with Gasteiger partial charge in [-0.05, 0) is 26.9 Å². The fourth-order valence-corrected chi connectivity index (χ4v) is 2.62. The van der Waals surface area contributed by atoms with Crippen LogP contribution in [-0.4, -0.2) is 39.5 Å². The van der Waals surface area contributed by atoms with Crippen molar-refractivity contribution in [3.63, 3.8) is 0 Å². The third-order valence-corrected chi connectivity index (χ3v) is 3.86. The highest BCUT2D eigenvalue weighted by Gasteiger charge is 2.39. The summed E-state index contributed by atoms with van der Waals surface area (Å²) in [6, 6.07) is 0.00694. The Kier molecular flexibility index (Phi) is 4.62. The summed E-state index contributed by atoms with van der Waals surface area (Å²) in [6.07, 6.45) is 3.77. The zero-order valence-corrected chi connectivity index (χ0v) is 11.4. The van der Waals surface area contributed by atoms with E-state index < -0.39 is 0 Å². The van der Waals surface area contributed by atoms with Crippen molar-refractivity contribution in [2.75, 3.05) is 14.1 Å². The van der Waals surface area contributed by atoms with Gasteiger partial charge in [0.05, 0.1) is 17.9 Å². The Bertz CT molecular complexity index is 341. The summed E-state index contributed by atoms with van der Waals surface area (Å²) in [5.41, 5.74) is 3.89. The first-order chi connectivity index (χ1) is 8.03. The third kappa shape index (κ3) is 2.34. The van der Waals surface area contributed by atoms with Crippen molar-refractivity contribution >= 4 is 0 Å². The van der Waals surface area contributed by atoms with Crippen LogP contribution in [0.25, 0.3) is 0 Å². The summed E-state index contributed by atoms with van der Waals surface area (Å²) >= 11 is 0. The van der Waals surface area contributed by atoms with Gasteiger partial charge in [-0.25, -0.2) is 5.43 Å². The number of hydrazine groups is 1. The highest BCUT2D eigenvalue weighted by Crippen LogP contribution is 2.34. The van der Waals surface area contributed by atoms with E-state index in [0.29, 0.717) is 0 Å². The highest BCUT2D eigenvalue weighted by molar-refractivity contribution is 5.11. The topological polar surface area (TPSA) is 72.0 Å². The van der Waals surface area contributed by atoms with Gasteiger partial charge >= 0.3 is 0 Å². The molecule has 0 aromatic carbocycles. The van der Waals surface area contributed by atoms with Crippen LogP contribution in [0.15, 0.2) is 6.20 Å². The van der Waals surface area contributed by atoms with Crippen LogP contribution in [0.5, 0.6) is 0 Å². The smallest absolute Gasteiger partial charge is 0.0828 e. The first-order valence-corrected chi connectivity index (χ1v) is 6.01. The van der Waals surface area contributed by atoms with Gasteiger partial charge in [0.15, 0.2) is 0 Å². The van der Waals surface area contributed by atoms with E-state index in [1.165, 1.54) is 0 Å². The number of nitrogens with zero attached hydrogens (tertiary/aromatic N) is 4. The molecule has 1 rings (SSSR count). The lowest BCUT2D eigenvalue weighted by molar-refractivity contribution is 0.0845. The number of aromatic nitrogens is 3. The van der Waals surface area contributed by atoms with Crippen LogP contribution in [0, 0.1) is 0 Å². The van der Waals surface area contributed by atoms with Gasteiger partial charge < -0.3 is 4.90 Å². The first-order valence-electron chi connectivity index (χ1n) is 6.01. The van der Waals surface area contributed by atoms with Crippen LogP contribution in [0.4, 0.5) is 0 Å². The molecule has 0 radical (unpaired) electrons. The second-order valence-electron chi connectivity index (χ2n) is 4.59. The number of nitrogens with two attached hydrogens (primary N) is 1. The average Bonchev–Trinajstić information content (AvgIpc) is 2.72. The normalized spacial score (nSPS) is 14.3. The minimum absolute atomic E-state index is 0.00694. The number of hydrogen-bond acceptors (Lipinski definition) is 5. The minimum Gasteiger partial charge on any atom is -0.302 e. The standard InChI is InChI=1S/C11H24N6/c1-6-11(7-2,16(3)4)10(14-12)9-8-13-15-17(9)5/h8,10,14H,6-7,12H2,1-5H3. The Balaban J connectivity index is 3.19. The monoisotopic (exact) mass is 240 g/mol. The molecule has 1 heterocycles. The first kappa shape index (κ1) is 14.1. The molecule has 0 aliphatic rings. The SMILES string of the molecule is CCC(CC)(C(NN)c1cnnn1C)N(C)C. The molecular formula is C11H24N6. The highest BCUT2D eigenvalue weighted by atomic mass is 15.4. The molecule has 0 aliphatic carbocycles. The molecule has 1 unspecified atom stereocenters. The molecular weight excluding hydrogens is 216 g/mol. The quantitative estimate of drug-likeness (QED) is 0.557. The second-order valence-corrected chi connectivity index (χ2v) is 4.59. The number of likely N-dealkylation sites (N-methyl/N-ethyl adjacent to an activating group) is 1. The van der Waals surface area contributed by atoms with Gasteiger partial charge in [0.2, 0.25) is 0 Å². The Morgan fingerprint density at radius 3 is 2.35 bits per heavy atom. The molecule has 98 valence electrons. The molecule has 0 saturated carbocycles. The predicted octanol–water partition coefficient (Wildman–Crippen LogP) is 0.440. The molecule has 1 atom stereocenters. The zero-order valence-electron chi connectivity index (χ0n) is 11.4. The number of hydrogen-bond donors (Lipinski definition) is 2. The lowest BCUT2D eigenvalue weighted by atomic mass is 9.82. The summed E-state index contributed by atoms with van der Waals surface area (Å²) < 4.78 is 1.77. The molecule has 0 aliphatic heterocycles. The van der Waals surface area contributed by atoms with Crippen molar-refractivity contribution < 1.29 is 0 Å². The van der Waals surface area contributed by atoms with Gasteiger partial charge in [-0.3, -0.25) is 10.5 Å². The van der Waals surface area contributed by atoms with E-state index in [1.807, 2.05) is 7.05 Å². The van der Waals surface area contributed by atoms with Gasteiger partial charge in [-0.15, -0.1) is 5.10 Å². The molecule has 1 aromatic rings. The van der Waals surface area contributed by atoms with Gasteiger partial charge in [0.25, 0.3) is 0 Å². The van der Waals surface area contributed by atoms with Gasteiger partial charge in [0.1, 0.15) is 0 Å². The largest absolute Gasteiger partial charge is 0.302 e. The third-order valence-electron chi connectivity index (χ3n) is 3.86. The van der Waals surface area contributed by atoms with Crippen molar-refractivity contribution in [1.82, 2.24) is 25.3 Å². The molecule has 0 bridgehead atoms. The number of nitrogens with one attached hydrogen (secondary N) is 1. The lowest BCUT2D eigenvalue weighted by Crippen LogP contribution is -2.55. The van der Waals surface area contributed by atoms with Crippen LogP contribution in [0.2, 0.25) is 0 Å². The maximum Gasteiger partial charge on any atom is 0.0828 e. The molecule has 0 fully saturated rings. The summed E-state index contributed by atoms with van der Waals surface area (Å²) in [4.78, 5) is 2.23. The van der Waals surface area contributed by atoms with E-state index in [2.05, 4.69) is 48.6 Å². The summed E-state index contributed by atoms with van der Waals surface area (Å²) in [6.45, 7) is 4.36. The summed E-state index contributed by atoms with van der Waals surface area (Å²) in [5.74, 6) is 5.76. The summed E-state index contributed by atoms with van der Waals surface area (Å²) in [5, 5.41) is 7.91. The van der Waals surface area contributed by atoms with Crippen LogP contribution < -0.4 is 11.3 Å². The average molecular weight is 240 g/mol. The van der Waals surface area contributed by atoms with Gasteiger partial charge in [-0.2, -0.15) is 0 Å². The Hall–Kier alpha value is -0.980. The second kappa shape index (κ2) is 5.57. The lowest BCUT2D eigenvalue weighted by Gasteiger charge is -2.44. The molecule has 0 amide bonds. The minimum atomic E-state index is -0.0375. The number of rotatable bonds is 6. The number of aryl methyl sites for hydroxylation is 1. The van der Waals surface area contributed by atoms with Crippen molar-refractivity contribution in [2.24, 2.45) is 12.9 Å². The van der Waals surface area contributed by atoms with E-state index in [9.17, 15) is 0 Å². The van der Waals surface area contributed by atoms with Crippen LogP contribution in [0.1, 0.15) is 38.4 Å². The van der Waals surface area contributed by atoms with E-state index >= 15 is 0 Å². The Labute approximate surface area is 103 Å². The van der Waals surface area contributed by atoms with Crippen molar-refractivity contribution in [3.8, 4) is 0 Å². The van der Waals surface area contributed by atoms with Gasteiger partial charge in [-0.1, -0.05) is 19.1 Å². The predicted molar refractivity (Wildman–Crippen MR) is 68.1 cm³/mol. The van der Waals surface area contributed by atoms with E-state index in [4.69, 9.17) is 5.84 Å². The molecule has 0 saturated heterocycles. The molecule has 6 nitrogen and oxygen atoms in total. The molecule has 6 heteroatoms. The Morgan fingerprint density at radius 2 is 2.06 bits per heavy atom. The molecule has 3 N–H and O–H groups in total. The van der Waals surface area contributed by atoms with Crippen LogP contribution in [0.3, 0.4) is 0 Å². The molecule has 0 spiro atoms. The van der Waals surface area contributed by atoms with E-state index in [1.54, 1.807) is 10.9 Å². The van der Waals surface area contributed by atoms with Gasteiger partial charge in [0, 0.05) is 12.6 Å². The van der Waals surface area contributed by atoms with Crippen LogP contribution in [-0.2, 0) is 7.05 Å². The fraction of sp³-hybridized carbons (Fsp3) is 0.818. The molecule has 17 heavy (non-hydrogen) atoms. The van der Waals surface area contributed by atoms with Crippen molar-refractivity contribution in [3.05, 3.63) is 11.9 Å².